The first-order chi connectivity index (χ1) is 16.9. The first-order valence-electron chi connectivity index (χ1n) is 11.9. The third kappa shape index (κ3) is 6.04. The zero-order chi connectivity index (χ0) is 24.8. The van der Waals surface area contributed by atoms with Crippen molar-refractivity contribution in [2.45, 2.75) is 25.3 Å². The first-order valence-corrected chi connectivity index (χ1v) is 11.9. The van der Waals surface area contributed by atoms with Crippen molar-refractivity contribution in [3.05, 3.63) is 95.6 Å². The van der Waals surface area contributed by atoms with Crippen LogP contribution in [-0.2, 0) is 18.3 Å². The van der Waals surface area contributed by atoms with E-state index in [2.05, 4.69) is 17.2 Å². The minimum atomic E-state index is -0.348. The normalized spacial score (nSPS) is 15.3. The number of carbonyl (C=O) groups is 2. The third-order valence-corrected chi connectivity index (χ3v) is 6.74. The Morgan fingerprint density at radius 3 is 2.43 bits per heavy atom. The number of benzene rings is 2. The van der Waals surface area contributed by atoms with Crippen LogP contribution in [0.1, 0.15) is 34.5 Å². The molecule has 0 N–H and O–H groups in total. The highest BCUT2D eigenvalue weighted by molar-refractivity contribution is 5.92. The molecule has 2 aromatic carbocycles. The van der Waals surface area contributed by atoms with Gasteiger partial charge in [0.2, 0.25) is 5.91 Å². The Hall–Kier alpha value is -3.74. The Kier molecular flexibility index (Phi) is 7.75. The van der Waals surface area contributed by atoms with Crippen LogP contribution >= 0.6 is 0 Å². The summed E-state index contributed by atoms with van der Waals surface area (Å²) >= 11 is 0. The standard InChI is InChI=1S/C28H31FN4O2/c1-31-17-16-25(30-31)28(35)32(2)26(20-21-8-4-3-5-9-21)23-14-18-33(19-15-23)27(34)13-12-22-10-6-7-11-24(22)29/h3-13,16-17,23,26H,14-15,18-20H2,1-2H3. The van der Waals surface area contributed by atoms with E-state index in [-0.39, 0.29) is 29.6 Å². The summed E-state index contributed by atoms with van der Waals surface area (Å²) in [6, 6.07) is 18.3. The zero-order valence-corrected chi connectivity index (χ0v) is 20.2. The van der Waals surface area contributed by atoms with Gasteiger partial charge in [0.25, 0.3) is 5.91 Å². The minimum Gasteiger partial charge on any atom is -0.339 e. The van der Waals surface area contributed by atoms with Crippen LogP contribution in [0.15, 0.2) is 72.9 Å². The summed E-state index contributed by atoms with van der Waals surface area (Å²) < 4.78 is 15.5. The van der Waals surface area contributed by atoms with Gasteiger partial charge in [0.1, 0.15) is 11.5 Å². The number of likely N-dealkylation sites (N-methyl/N-ethyl adjacent to an activating group) is 1. The summed E-state index contributed by atoms with van der Waals surface area (Å²) in [6.07, 6.45) is 7.05. The molecule has 1 aliphatic rings. The molecule has 1 saturated heterocycles. The number of likely N-dealkylation sites (tertiary alicyclic amines) is 1. The SMILES string of the molecule is CN(C(=O)c1ccn(C)n1)C(Cc1ccccc1)C1CCN(C(=O)C=Cc2ccccc2F)CC1. The van der Waals surface area contributed by atoms with Crippen molar-refractivity contribution < 1.29 is 14.0 Å². The molecule has 0 aliphatic carbocycles. The van der Waals surface area contributed by atoms with Crippen molar-refractivity contribution in [1.82, 2.24) is 19.6 Å². The van der Waals surface area contributed by atoms with Crippen LogP contribution in [0.25, 0.3) is 6.08 Å². The topological polar surface area (TPSA) is 58.4 Å². The molecule has 1 aromatic heterocycles. The molecule has 7 heteroatoms. The lowest BCUT2D eigenvalue weighted by Gasteiger charge is -2.39. The second-order valence-electron chi connectivity index (χ2n) is 9.07. The fourth-order valence-electron chi connectivity index (χ4n) is 4.72. The molecule has 0 radical (unpaired) electrons. The van der Waals surface area contributed by atoms with Gasteiger partial charge in [-0.05, 0) is 49.0 Å². The highest BCUT2D eigenvalue weighted by Crippen LogP contribution is 2.27. The van der Waals surface area contributed by atoms with Gasteiger partial charge in [-0.15, -0.1) is 0 Å². The van der Waals surface area contributed by atoms with Crippen molar-refractivity contribution in [3.8, 4) is 0 Å². The van der Waals surface area contributed by atoms with Crippen molar-refractivity contribution in [2.24, 2.45) is 13.0 Å². The van der Waals surface area contributed by atoms with Crippen LogP contribution < -0.4 is 0 Å². The maximum Gasteiger partial charge on any atom is 0.274 e. The number of aryl methyl sites for hydroxylation is 1. The predicted molar refractivity (Wildman–Crippen MR) is 134 cm³/mol. The van der Waals surface area contributed by atoms with Gasteiger partial charge in [-0.2, -0.15) is 5.10 Å². The maximum atomic E-state index is 13.9. The highest BCUT2D eigenvalue weighted by Gasteiger charge is 2.33. The lowest BCUT2D eigenvalue weighted by Crippen LogP contribution is -2.48. The molecule has 0 bridgehead atoms. The minimum absolute atomic E-state index is 0.0156. The van der Waals surface area contributed by atoms with E-state index in [4.69, 9.17) is 0 Å². The number of amides is 2. The summed E-state index contributed by atoms with van der Waals surface area (Å²) in [4.78, 5) is 29.5. The average Bonchev–Trinajstić information content (AvgIpc) is 3.32. The number of nitrogens with zero attached hydrogens (tertiary/aromatic N) is 4. The summed E-state index contributed by atoms with van der Waals surface area (Å²) in [5.74, 6) is -0.325. The Morgan fingerprint density at radius 1 is 1.09 bits per heavy atom. The van der Waals surface area contributed by atoms with Crippen LogP contribution in [0.2, 0.25) is 0 Å². The Morgan fingerprint density at radius 2 is 1.77 bits per heavy atom. The van der Waals surface area contributed by atoms with E-state index in [9.17, 15) is 14.0 Å². The molecule has 1 fully saturated rings. The van der Waals surface area contributed by atoms with E-state index >= 15 is 0 Å². The highest BCUT2D eigenvalue weighted by atomic mass is 19.1. The number of carbonyl (C=O) groups excluding carboxylic acids is 2. The monoisotopic (exact) mass is 474 g/mol. The Labute approximate surface area is 205 Å². The van der Waals surface area contributed by atoms with Crippen molar-refractivity contribution in [3.63, 3.8) is 0 Å². The van der Waals surface area contributed by atoms with Gasteiger partial charge in [-0.25, -0.2) is 4.39 Å². The fraction of sp³-hybridized carbons (Fsp3) is 0.321. The second-order valence-corrected chi connectivity index (χ2v) is 9.07. The summed E-state index contributed by atoms with van der Waals surface area (Å²) in [5, 5.41) is 4.29. The molecule has 4 rings (SSSR count). The van der Waals surface area contributed by atoms with Gasteiger partial charge in [0, 0.05) is 51.1 Å². The van der Waals surface area contributed by atoms with Crippen LogP contribution in [0.5, 0.6) is 0 Å². The lowest BCUT2D eigenvalue weighted by molar-refractivity contribution is -0.127. The summed E-state index contributed by atoms with van der Waals surface area (Å²) in [7, 11) is 3.64. The maximum absolute atomic E-state index is 13.9. The molecule has 3 aromatic rings. The van der Waals surface area contributed by atoms with Gasteiger partial charge >= 0.3 is 0 Å². The first kappa shape index (κ1) is 24.4. The lowest BCUT2D eigenvalue weighted by atomic mass is 9.84. The van der Waals surface area contributed by atoms with Gasteiger partial charge in [-0.3, -0.25) is 14.3 Å². The largest absolute Gasteiger partial charge is 0.339 e. The van der Waals surface area contributed by atoms with Gasteiger partial charge in [0.05, 0.1) is 0 Å². The van der Waals surface area contributed by atoms with Crippen LogP contribution in [0.3, 0.4) is 0 Å². The number of piperidine rings is 1. The Bertz CT molecular complexity index is 1180. The number of aromatic nitrogens is 2. The quantitative estimate of drug-likeness (QED) is 0.483. The van der Waals surface area contributed by atoms with Gasteiger partial charge in [-0.1, -0.05) is 48.5 Å². The van der Waals surface area contributed by atoms with Crippen molar-refractivity contribution >= 4 is 17.9 Å². The van der Waals surface area contributed by atoms with Crippen molar-refractivity contribution in [1.29, 1.82) is 0 Å². The average molecular weight is 475 g/mol. The Balaban J connectivity index is 1.44. The zero-order valence-electron chi connectivity index (χ0n) is 20.2. The summed E-state index contributed by atoms with van der Waals surface area (Å²) in [5.41, 5.74) is 2.00. The van der Waals surface area contributed by atoms with E-state index in [0.717, 1.165) is 19.3 Å². The third-order valence-electron chi connectivity index (χ3n) is 6.74. The molecule has 0 spiro atoms. The van der Waals surface area contributed by atoms with Crippen LogP contribution in [0.4, 0.5) is 4.39 Å². The molecule has 1 aliphatic heterocycles. The van der Waals surface area contributed by atoms with Crippen LogP contribution in [0, 0.1) is 11.7 Å². The molecule has 0 saturated carbocycles. The summed E-state index contributed by atoms with van der Waals surface area (Å²) in [6.45, 7) is 1.20. The molecule has 2 amide bonds. The molecular weight excluding hydrogens is 443 g/mol. The van der Waals surface area contributed by atoms with E-state index in [1.807, 2.05) is 30.1 Å². The van der Waals surface area contributed by atoms with E-state index < -0.39 is 0 Å². The van der Waals surface area contributed by atoms with Gasteiger partial charge in [0.15, 0.2) is 0 Å². The molecule has 1 atom stereocenters. The second kappa shape index (κ2) is 11.1. The number of hydrogen-bond donors (Lipinski definition) is 0. The van der Waals surface area contributed by atoms with Crippen LogP contribution in [-0.4, -0.2) is 57.6 Å². The molecule has 1 unspecified atom stereocenters. The van der Waals surface area contributed by atoms with E-state index in [1.54, 1.807) is 47.1 Å². The number of rotatable bonds is 7. The molecule has 182 valence electrons. The van der Waals surface area contributed by atoms with Crippen molar-refractivity contribution in [2.75, 3.05) is 20.1 Å². The molecule has 6 nitrogen and oxygen atoms in total. The van der Waals surface area contributed by atoms with E-state index in [1.165, 1.54) is 23.8 Å². The smallest absolute Gasteiger partial charge is 0.274 e. The molecular formula is C28H31FN4O2. The van der Waals surface area contributed by atoms with Gasteiger partial charge < -0.3 is 9.80 Å². The predicted octanol–water partition coefficient (Wildman–Crippen LogP) is 4.19. The molecule has 35 heavy (non-hydrogen) atoms. The fourth-order valence-corrected chi connectivity index (χ4v) is 4.72. The number of hydrogen-bond acceptors (Lipinski definition) is 3. The molecule has 2 heterocycles. The van der Waals surface area contributed by atoms with E-state index in [0.29, 0.717) is 24.3 Å². The number of halogens is 1.